The molecule has 0 bridgehead atoms. The predicted octanol–water partition coefficient (Wildman–Crippen LogP) is 7.96. The molecule has 0 heterocycles. The van der Waals surface area contributed by atoms with Gasteiger partial charge in [-0.1, -0.05) is 54.6 Å². The number of rotatable bonds is 11. The van der Waals surface area contributed by atoms with Gasteiger partial charge in [0.05, 0.1) is 22.3 Å². The van der Waals surface area contributed by atoms with Gasteiger partial charge >= 0.3 is 30.1 Å². The van der Waals surface area contributed by atoms with Crippen LogP contribution in [0.15, 0.2) is 115 Å². The third-order valence-electron chi connectivity index (χ3n) is 7.58. The van der Waals surface area contributed by atoms with E-state index in [-0.39, 0.29) is 39.7 Å². The smallest absolute Gasteiger partial charge is 0.406 e. The summed E-state index contributed by atoms with van der Waals surface area (Å²) in [5.74, 6) is -5.94. The summed E-state index contributed by atoms with van der Waals surface area (Å²) >= 11 is 0. The van der Waals surface area contributed by atoms with Crippen LogP contribution in [0.1, 0.15) is 58.1 Å². The number of benzene rings is 5. The average Bonchev–Trinajstić information content (AvgIpc) is 3.06. The second kappa shape index (κ2) is 13.2. The van der Waals surface area contributed by atoms with E-state index < -0.39 is 57.7 Å². The Morgan fingerprint density at radius 1 is 0.429 bits per heavy atom. The Bertz CT molecular complexity index is 1940. The SMILES string of the molecule is O=C(O)c1ccc(Oc2ccc(C(c3ccccc3)(c3ccc(Oc4ccc(C(=O)O)c(C(=O)O)c4)cc3)C(F)(F)F)cc2)cc1C(=O)O. The normalized spacial score (nSPS) is 11.4. The maximum atomic E-state index is 15.5. The van der Waals surface area contributed by atoms with Gasteiger partial charge in [-0.25, -0.2) is 19.2 Å². The lowest BCUT2D eigenvalue weighted by atomic mass is 9.69. The average molecular weight is 673 g/mol. The number of alkyl halides is 3. The highest BCUT2D eigenvalue weighted by Crippen LogP contribution is 2.51. The second-order valence-corrected chi connectivity index (χ2v) is 10.5. The van der Waals surface area contributed by atoms with Gasteiger partial charge in [-0.05, 0) is 77.4 Å². The Kier molecular flexibility index (Phi) is 9.11. The molecule has 0 aliphatic carbocycles. The van der Waals surface area contributed by atoms with E-state index >= 15 is 13.2 Å². The van der Waals surface area contributed by atoms with Crippen molar-refractivity contribution in [2.24, 2.45) is 0 Å². The van der Waals surface area contributed by atoms with Gasteiger partial charge in [0.15, 0.2) is 0 Å². The molecule has 0 spiro atoms. The molecule has 0 radical (unpaired) electrons. The summed E-state index contributed by atoms with van der Waals surface area (Å²) in [6.07, 6.45) is -4.91. The molecule has 0 saturated heterocycles. The van der Waals surface area contributed by atoms with Crippen LogP contribution in [0.25, 0.3) is 0 Å². The molecule has 5 rings (SSSR count). The summed E-state index contributed by atoms with van der Waals surface area (Å²) in [6, 6.07) is 23.6. The minimum absolute atomic E-state index is 0.0469. The van der Waals surface area contributed by atoms with Gasteiger partial charge in [0.2, 0.25) is 0 Å². The molecule has 0 aromatic heterocycles. The topological polar surface area (TPSA) is 168 Å². The molecule has 0 amide bonds. The van der Waals surface area contributed by atoms with E-state index in [4.69, 9.17) is 9.47 Å². The number of carboxylic acids is 4. The molecule has 5 aromatic carbocycles. The fourth-order valence-electron chi connectivity index (χ4n) is 5.40. The lowest BCUT2D eigenvalue weighted by Gasteiger charge is -2.37. The Balaban J connectivity index is 1.53. The summed E-state index contributed by atoms with van der Waals surface area (Å²) in [5, 5.41) is 37.3. The predicted molar refractivity (Wildman–Crippen MR) is 166 cm³/mol. The zero-order valence-electron chi connectivity index (χ0n) is 24.8. The van der Waals surface area contributed by atoms with Gasteiger partial charge in [0, 0.05) is 0 Å². The fourth-order valence-corrected chi connectivity index (χ4v) is 5.40. The first-order valence-corrected chi connectivity index (χ1v) is 14.1. The van der Waals surface area contributed by atoms with E-state index in [1.807, 2.05) is 0 Å². The number of ether oxygens (including phenoxy) is 2. The number of aromatic carboxylic acids is 4. The van der Waals surface area contributed by atoms with Crippen molar-refractivity contribution < 1.29 is 62.2 Å². The van der Waals surface area contributed by atoms with Crippen molar-refractivity contribution in [3.63, 3.8) is 0 Å². The van der Waals surface area contributed by atoms with Crippen LogP contribution in [0, 0.1) is 0 Å². The third-order valence-corrected chi connectivity index (χ3v) is 7.58. The summed E-state index contributed by atoms with van der Waals surface area (Å²) in [7, 11) is 0. The van der Waals surface area contributed by atoms with E-state index in [2.05, 4.69) is 0 Å². The number of carboxylic acid groups (broad SMARTS) is 4. The van der Waals surface area contributed by atoms with E-state index in [1.54, 1.807) is 6.07 Å². The molecule has 49 heavy (non-hydrogen) atoms. The Labute approximate surface area is 274 Å². The molecular formula is C36H23F3O10. The van der Waals surface area contributed by atoms with Gasteiger partial charge in [-0.15, -0.1) is 0 Å². The highest BCUT2D eigenvalue weighted by molar-refractivity contribution is 6.02. The molecule has 5 aromatic rings. The summed E-state index contributed by atoms with van der Waals surface area (Å²) in [4.78, 5) is 45.9. The van der Waals surface area contributed by atoms with Crippen LogP contribution in [0.5, 0.6) is 23.0 Å². The number of hydrogen-bond acceptors (Lipinski definition) is 6. The zero-order chi connectivity index (χ0) is 35.5. The van der Waals surface area contributed by atoms with Crippen LogP contribution >= 0.6 is 0 Å². The Morgan fingerprint density at radius 2 is 0.755 bits per heavy atom. The second-order valence-electron chi connectivity index (χ2n) is 10.5. The number of carbonyl (C=O) groups is 4. The molecule has 0 aliphatic rings. The van der Waals surface area contributed by atoms with Crippen LogP contribution in [-0.4, -0.2) is 50.5 Å². The van der Waals surface area contributed by atoms with Crippen molar-refractivity contribution >= 4 is 23.9 Å². The Hall–Kier alpha value is -6.63. The van der Waals surface area contributed by atoms with Crippen LogP contribution < -0.4 is 9.47 Å². The lowest BCUT2D eigenvalue weighted by Crippen LogP contribution is -2.44. The molecule has 0 fully saturated rings. The molecule has 10 nitrogen and oxygen atoms in total. The van der Waals surface area contributed by atoms with Crippen molar-refractivity contribution in [2.45, 2.75) is 11.6 Å². The minimum Gasteiger partial charge on any atom is -0.478 e. The van der Waals surface area contributed by atoms with Gasteiger partial charge in [0.25, 0.3) is 0 Å². The van der Waals surface area contributed by atoms with Crippen molar-refractivity contribution in [3.05, 3.63) is 154 Å². The van der Waals surface area contributed by atoms with Crippen LogP contribution in [0.3, 0.4) is 0 Å². The zero-order valence-corrected chi connectivity index (χ0v) is 24.8. The van der Waals surface area contributed by atoms with Crippen molar-refractivity contribution in [3.8, 4) is 23.0 Å². The first kappa shape index (κ1) is 33.7. The monoisotopic (exact) mass is 672 g/mol. The van der Waals surface area contributed by atoms with Crippen molar-refractivity contribution in [1.29, 1.82) is 0 Å². The van der Waals surface area contributed by atoms with Gasteiger partial charge in [0.1, 0.15) is 28.4 Å². The Morgan fingerprint density at radius 3 is 1.08 bits per heavy atom. The van der Waals surface area contributed by atoms with Gasteiger partial charge < -0.3 is 29.9 Å². The largest absolute Gasteiger partial charge is 0.478 e. The van der Waals surface area contributed by atoms with Gasteiger partial charge in [-0.3, -0.25) is 0 Å². The van der Waals surface area contributed by atoms with Crippen molar-refractivity contribution in [1.82, 2.24) is 0 Å². The van der Waals surface area contributed by atoms with Gasteiger partial charge in [-0.2, -0.15) is 13.2 Å². The third kappa shape index (κ3) is 6.63. The minimum atomic E-state index is -4.91. The van der Waals surface area contributed by atoms with Crippen LogP contribution in [0.4, 0.5) is 13.2 Å². The van der Waals surface area contributed by atoms with E-state index in [1.165, 1.54) is 84.9 Å². The summed E-state index contributed by atoms with van der Waals surface area (Å²) < 4.78 is 57.8. The quantitative estimate of drug-likeness (QED) is 0.101. The van der Waals surface area contributed by atoms with E-state index in [9.17, 15) is 39.6 Å². The van der Waals surface area contributed by atoms with Crippen molar-refractivity contribution in [2.75, 3.05) is 0 Å². The summed E-state index contributed by atoms with van der Waals surface area (Å²) in [6.45, 7) is 0. The fraction of sp³-hybridized carbons (Fsp3) is 0.0556. The highest BCUT2D eigenvalue weighted by atomic mass is 19.4. The lowest BCUT2D eigenvalue weighted by molar-refractivity contribution is -0.166. The summed E-state index contributed by atoms with van der Waals surface area (Å²) in [5.41, 5.74) is -5.23. The van der Waals surface area contributed by atoms with E-state index in [0.717, 1.165) is 24.3 Å². The highest BCUT2D eigenvalue weighted by Gasteiger charge is 2.58. The molecule has 0 atom stereocenters. The molecule has 0 unspecified atom stereocenters. The maximum absolute atomic E-state index is 15.5. The number of hydrogen-bond donors (Lipinski definition) is 4. The molecule has 248 valence electrons. The molecular weight excluding hydrogens is 649 g/mol. The first-order valence-electron chi connectivity index (χ1n) is 14.1. The first-order chi connectivity index (χ1) is 23.2. The van der Waals surface area contributed by atoms with E-state index in [0.29, 0.717) is 0 Å². The molecule has 0 saturated carbocycles. The van der Waals surface area contributed by atoms with Crippen LogP contribution in [-0.2, 0) is 5.41 Å². The maximum Gasteiger partial charge on any atom is 0.406 e. The standard InChI is InChI=1S/C36H23F3O10/c37-36(38,39)35(20-4-2-1-3-5-20,21-6-10-23(11-7-21)48-25-14-16-27(31(40)41)29(18-25)33(44)45)22-8-12-24(13-9-22)49-26-15-17-28(32(42)43)30(19-26)34(46)47/h1-19H,(H,40,41)(H,42,43)(H,44,45)(H,46,47). The molecule has 13 heteroatoms. The molecule has 4 N–H and O–H groups in total. The molecule has 0 aliphatic heterocycles. The number of halogens is 3. The van der Waals surface area contributed by atoms with Crippen LogP contribution in [0.2, 0.25) is 0 Å².